The highest BCUT2D eigenvalue weighted by molar-refractivity contribution is 6.17. The van der Waals surface area contributed by atoms with E-state index in [0.29, 0.717) is 5.96 Å². The Labute approximate surface area is 87.5 Å². The van der Waals surface area contributed by atoms with Crippen LogP contribution in [0.2, 0.25) is 0 Å². The van der Waals surface area contributed by atoms with Crippen molar-refractivity contribution < 1.29 is 0 Å². The highest BCUT2D eigenvalue weighted by Gasteiger charge is 2.36. The molecule has 15 heavy (non-hydrogen) atoms. The zero-order chi connectivity index (χ0) is 10.4. The zero-order valence-corrected chi connectivity index (χ0v) is 8.44. The van der Waals surface area contributed by atoms with Crippen molar-refractivity contribution in [3.63, 3.8) is 0 Å². The Hall–Kier alpha value is -2.06. The van der Waals surface area contributed by atoms with E-state index < -0.39 is 0 Å². The number of fused-ring (bicyclic) bond motifs is 3. The number of hydrogen-bond acceptors (Lipinski definition) is 3. The Morgan fingerprint density at radius 2 is 2.33 bits per heavy atom. The number of nitrogens with zero attached hydrogens (tertiary/aromatic N) is 3. The van der Waals surface area contributed by atoms with Gasteiger partial charge < -0.3 is 5.73 Å². The maximum atomic E-state index is 5.86. The molecule has 74 valence electrons. The molecule has 0 bridgehead atoms. The van der Waals surface area contributed by atoms with Gasteiger partial charge in [0.2, 0.25) is 6.21 Å². The number of benzene rings is 1. The maximum Gasteiger partial charge on any atom is 0.386 e. The van der Waals surface area contributed by atoms with Crippen molar-refractivity contribution in [2.45, 2.75) is 6.92 Å². The summed E-state index contributed by atoms with van der Waals surface area (Å²) in [6, 6.07) is 6.14. The van der Waals surface area contributed by atoms with Gasteiger partial charge in [0.1, 0.15) is 5.56 Å². The number of aryl methyl sites for hydroxylation is 1. The first-order chi connectivity index (χ1) is 7.25. The fourth-order valence-corrected chi connectivity index (χ4v) is 1.89. The van der Waals surface area contributed by atoms with Gasteiger partial charge in [-0.05, 0) is 24.6 Å². The predicted molar refractivity (Wildman–Crippen MR) is 61.5 cm³/mol. The van der Waals surface area contributed by atoms with Crippen molar-refractivity contribution >= 4 is 23.7 Å². The molecule has 0 unspecified atom stereocenters. The molecule has 4 heteroatoms. The first-order valence-electron chi connectivity index (χ1n) is 4.88. The molecule has 0 aliphatic carbocycles. The van der Waals surface area contributed by atoms with E-state index in [0.717, 1.165) is 23.6 Å². The maximum absolute atomic E-state index is 5.86. The summed E-state index contributed by atoms with van der Waals surface area (Å²) in [5.41, 5.74) is 9.02. The molecule has 2 aliphatic rings. The van der Waals surface area contributed by atoms with Gasteiger partial charge >= 0.3 is 5.84 Å². The first kappa shape index (κ1) is 8.26. The highest BCUT2D eigenvalue weighted by atomic mass is 15.3. The van der Waals surface area contributed by atoms with E-state index in [-0.39, 0.29) is 0 Å². The molecule has 3 rings (SSSR count). The van der Waals surface area contributed by atoms with Gasteiger partial charge in [-0.25, -0.2) is 4.67 Å². The molecule has 1 aromatic carbocycles. The Bertz CT molecular complexity index is 536. The fraction of sp³-hybridized carbons (Fsp3) is 0.182. The van der Waals surface area contributed by atoms with Crippen LogP contribution in [-0.2, 0) is 0 Å². The summed E-state index contributed by atoms with van der Waals surface area (Å²) >= 11 is 0. The predicted octanol–water partition coefficient (Wildman–Crippen LogP) is 0.155. The van der Waals surface area contributed by atoms with Crippen LogP contribution >= 0.6 is 0 Å². The Kier molecular flexibility index (Phi) is 1.50. The Morgan fingerprint density at radius 3 is 3.20 bits per heavy atom. The lowest BCUT2D eigenvalue weighted by Gasteiger charge is -2.15. The van der Waals surface area contributed by atoms with E-state index in [1.165, 1.54) is 5.56 Å². The van der Waals surface area contributed by atoms with Crippen molar-refractivity contribution in [3.05, 3.63) is 29.3 Å². The highest BCUT2D eigenvalue weighted by Crippen LogP contribution is 2.26. The molecule has 0 aromatic heterocycles. The second-order valence-corrected chi connectivity index (χ2v) is 3.74. The average molecular weight is 199 g/mol. The van der Waals surface area contributed by atoms with Crippen molar-refractivity contribution in [2.75, 3.05) is 6.54 Å². The molecule has 0 saturated carbocycles. The molecule has 0 saturated heterocycles. The second kappa shape index (κ2) is 2.72. The van der Waals surface area contributed by atoms with Gasteiger partial charge in [0.25, 0.3) is 5.96 Å². The fourth-order valence-electron chi connectivity index (χ4n) is 1.89. The minimum Gasteiger partial charge on any atom is -0.350 e. The molecule has 0 radical (unpaired) electrons. The van der Waals surface area contributed by atoms with Crippen molar-refractivity contribution in [1.29, 1.82) is 0 Å². The van der Waals surface area contributed by atoms with Crippen molar-refractivity contribution in [2.24, 2.45) is 10.7 Å². The van der Waals surface area contributed by atoms with Gasteiger partial charge in [-0.2, -0.15) is 9.89 Å². The van der Waals surface area contributed by atoms with Gasteiger partial charge in [-0.3, -0.25) is 0 Å². The quantitative estimate of drug-likeness (QED) is 0.605. The number of hydrogen-bond donors (Lipinski definition) is 1. The van der Waals surface area contributed by atoms with Gasteiger partial charge in [-0.15, -0.1) is 0 Å². The van der Waals surface area contributed by atoms with Crippen LogP contribution in [-0.4, -0.2) is 29.5 Å². The number of guanidine groups is 1. The summed E-state index contributed by atoms with van der Waals surface area (Å²) in [6.45, 7) is 2.76. The molecule has 2 aliphatic heterocycles. The van der Waals surface area contributed by atoms with E-state index in [9.17, 15) is 0 Å². The lowest BCUT2D eigenvalue weighted by Crippen LogP contribution is -2.43. The van der Waals surface area contributed by atoms with Crippen LogP contribution in [0.3, 0.4) is 0 Å². The average Bonchev–Trinajstić information content (AvgIpc) is 2.66. The van der Waals surface area contributed by atoms with E-state index in [2.05, 4.69) is 15.7 Å². The van der Waals surface area contributed by atoms with Crippen LogP contribution in [0.25, 0.3) is 0 Å². The van der Waals surface area contributed by atoms with Crippen LogP contribution in [0.4, 0.5) is 5.69 Å². The molecule has 0 spiro atoms. The normalized spacial score (nSPS) is 17.0. The molecule has 0 fully saturated rings. The zero-order valence-electron chi connectivity index (χ0n) is 8.44. The molecule has 4 nitrogen and oxygen atoms in total. The summed E-state index contributed by atoms with van der Waals surface area (Å²) in [7, 11) is 0. The third kappa shape index (κ3) is 1.09. The van der Waals surface area contributed by atoms with E-state index in [1.807, 2.05) is 30.2 Å². The van der Waals surface area contributed by atoms with Crippen molar-refractivity contribution in [3.8, 4) is 0 Å². The number of amidine groups is 1. The summed E-state index contributed by atoms with van der Waals surface area (Å²) < 4.78 is 4.34. The Morgan fingerprint density at radius 1 is 1.47 bits per heavy atom. The molecule has 2 heterocycles. The molecular weight excluding hydrogens is 188 g/mol. The summed E-state index contributed by atoms with van der Waals surface area (Å²) in [6.07, 6.45) is 1.85. The van der Waals surface area contributed by atoms with E-state index in [1.54, 1.807) is 0 Å². The van der Waals surface area contributed by atoms with E-state index >= 15 is 0 Å². The van der Waals surface area contributed by atoms with Crippen LogP contribution in [0.15, 0.2) is 23.2 Å². The lowest BCUT2D eigenvalue weighted by molar-refractivity contribution is 0.708. The van der Waals surface area contributed by atoms with Gasteiger partial charge in [0.05, 0.1) is 5.69 Å². The van der Waals surface area contributed by atoms with Crippen LogP contribution in [0.5, 0.6) is 0 Å². The molecular formula is C11H11N4+. The SMILES string of the molecule is Cc1ccc2c(c1)N=C(N)N1CC=[N+]=C21. The minimum absolute atomic E-state index is 0.528. The number of rotatable bonds is 0. The third-order valence-corrected chi connectivity index (χ3v) is 2.64. The standard InChI is InChI=1S/C11H10N4/c1-7-2-3-8-9(6-7)14-11(12)15-5-4-13-10(8)15/h2-4,6,12H,5H2,1H3/p+1. The van der Waals surface area contributed by atoms with Crippen LogP contribution in [0, 0.1) is 6.92 Å². The molecule has 0 amide bonds. The minimum atomic E-state index is 0.528. The van der Waals surface area contributed by atoms with Crippen LogP contribution in [0.1, 0.15) is 11.1 Å². The largest absolute Gasteiger partial charge is 0.386 e. The lowest BCUT2D eigenvalue weighted by atomic mass is 10.1. The number of nitrogens with two attached hydrogens (primary N) is 1. The molecule has 0 atom stereocenters. The molecule has 1 aromatic rings. The monoisotopic (exact) mass is 199 g/mol. The van der Waals surface area contributed by atoms with Gasteiger partial charge in [-0.1, -0.05) is 6.07 Å². The number of aliphatic imine (C=N–C) groups is 1. The second-order valence-electron chi connectivity index (χ2n) is 3.74. The summed E-state index contributed by atoms with van der Waals surface area (Å²) in [5.74, 6) is 1.44. The smallest absolute Gasteiger partial charge is 0.350 e. The first-order valence-corrected chi connectivity index (χ1v) is 4.88. The van der Waals surface area contributed by atoms with Gasteiger partial charge in [0.15, 0.2) is 6.54 Å². The third-order valence-electron chi connectivity index (χ3n) is 2.64. The summed E-state index contributed by atoms with van der Waals surface area (Å²) in [4.78, 5) is 6.28. The molecule has 2 N–H and O–H groups in total. The summed E-state index contributed by atoms with van der Waals surface area (Å²) in [5, 5.41) is 0. The van der Waals surface area contributed by atoms with Crippen LogP contribution < -0.4 is 10.4 Å². The van der Waals surface area contributed by atoms with Gasteiger partial charge in [0, 0.05) is 0 Å². The van der Waals surface area contributed by atoms with Crippen molar-refractivity contribution in [1.82, 2.24) is 9.57 Å². The topological polar surface area (TPSA) is 55.7 Å². The van der Waals surface area contributed by atoms with E-state index in [4.69, 9.17) is 5.73 Å². The Balaban J connectivity index is 2.28.